The average molecular weight is 333 g/mol. The van der Waals surface area contributed by atoms with Gasteiger partial charge in [0.05, 0.1) is 6.04 Å². The van der Waals surface area contributed by atoms with Gasteiger partial charge in [0.1, 0.15) is 5.82 Å². The smallest absolute Gasteiger partial charge is 0.318 e. The lowest BCUT2D eigenvalue weighted by molar-refractivity contribution is 0.192. The van der Waals surface area contributed by atoms with Crippen molar-refractivity contribution < 1.29 is 9.18 Å². The number of hydrogen-bond donors (Lipinski definition) is 1. The number of carbonyl (C=O) groups excluding carboxylic acids is 1. The van der Waals surface area contributed by atoms with E-state index in [2.05, 4.69) is 5.32 Å². The van der Waals surface area contributed by atoms with Crippen LogP contribution in [0.1, 0.15) is 30.0 Å². The highest BCUT2D eigenvalue weighted by Gasteiger charge is 2.29. The first-order valence-electron chi connectivity index (χ1n) is 7.68. The number of likely N-dealkylation sites (tertiary alicyclic amines) is 1. The SMILES string of the molecule is O=C(NCc1ccc(F)cc1)N1CCCC1c1ccc(Cl)cc1. The summed E-state index contributed by atoms with van der Waals surface area (Å²) in [6.07, 6.45) is 1.93. The van der Waals surface area contributed by atoms with Gasteiger partial charge in [0, 0.05) is 18.1 Å². The van der Waals surface area contributed by atoms with Crippen molar-refractivity contribution in [3.63, 3.8) is 0 Å². The summed E-state index contributed by atoms with van der Waals surface area (Å²) in [4.78, 5) is 14.3. The fourth-order valence-electron chi connectivity index (χ4n) is 2.92. The van der Waals surface area contributed by atoms with Crippen molar-refractivity contribution in [2.24, 2.45) is 0 Å². The quantitative estimate of drug-likeness (QED) is 0.880. The lowest BCUT2D eigenvalue weighted by Gasteiger charge is -2.25. The molecule has 120 valence electrons. The van der Waals surface area contributed by atoms with Gasteiger partial charge in [0.15, 0.2) is 0 Å². The van der Waals surface area contributed by atoms with Gasteiger partial charge in [-0.15, -0.1) is 0 Å². The van der Waals surface area contributed by atoms with Crippen LogP contribution in [0.5, 0.6) is 0 Å². The molecule has 2 amide bonds. The van der Waals surface area contributed by atoms with Gasteiger partial charge in [-0.1, -0.05) is 35.9 Å². The Morgan fingerprint density at radius 3 is 2.57 bits per heavy atom. The molecule has 1 fully saturated rings. The molecule has 0 aliphatic carbocycles. The Morgan fingerprint density at radius 1 is 1.17 bits per heavy atom. The largest absolute Gasteiger partial charge is 0.334 e. The minimum Gasteiger partial charge on any atom is -0.334 e. The van der Waals surface area contributed by atoms with E-state index in [9.17, 15) is 9.18 Å². The summed E-state index contributed by atoms with van der Waals surface area (Å²) < 4.78 is 12.9. The summed E-state index contributed by atoms with van der Waals surface area (Å²) in [5.41, 5.74) is 1.98. The second-order valence-corrected chi connectivity index (χ2v) is 6.12. The highest BCUT2D eigenvalue weighted by Crippen LogP contribution is 2.32. The summed E-state index contributed by atoms with van der Waals surface area (Å²) >= 11 is 5.93. The topological polar surface area (TPSA) is 32.3 Å². The molecule has 5 heteroatoms. The van der Waals surface area contributed by atoms with Crippen LogP contribution in [-0.4, -0.2) is 17.5 Å². The van der Waals surface area contributed by atoms with Crippen LogP contribution in [0.15, 0.2) is 48.5 Å². The van der Waals surface area contributed by atoms with Crippen LogP contribution in [0.3, 0.4) is 0 Å². The van der Waals surface area contributed by atoms with Crippen molar-refractivity contribution in [2.75, 3.05) is 6.54 Å². The van der Waals surface area contributed by atoms with Crippen LogP contribution in [0, 0.1) is 5.82 Å². The third kappa shape index (κ3) is 3.82. The van der Waals surface area contributed by atoms with E-state index in [1.807, 2.05) is 29.2 Å². The van der Waals surface area contributed by atoms with Crippen LogP contribution in [-0.2, 0) is 6.54 Å². The monoisotopic (exact) mass is 332 g/mol. The number of rotatable bonds is 3. The standard InChI is InChI=1S/C18H18ClFN2O/c19-15-7-5-14(6-8-15)17-2-1-11-22(17)18(23)21-12-13-3-9-16(20)10-4-13/h3-10,17H,1-2,11-12H2,(H,21,23). The molecule has 1 aliphatic rings. The summed E-state index contributed by atoms with van der Waals surface area (Å²) in [6, 6.07) is 13.8. The Morgan fingerprint density at radius 2 is 1.87 bits per heavy atom. The summed E-state index contributed by atoms with van der Waals surface area (Å²) in [7, 11) is 0. The predicted octanol–water partition coefficient (Wildman–Crippen LogP) is 4.53. The highest BCUT2D eigenvalue weighted by molar-refractivity contribution is 6.30. The van der Waals surface area contributed by atoms with Crippen LogP contribution in [0.4, 0.5) is 9.18 Å². The van der Waals surface area contributed by atoms with E-state index in [0.29, 0.717) is 11.6 Å². The van der Waals surface area contributed by atoms with Gasteiger partial charge in [-0.3, -0.25) is 0 Å². The van der Waals surface area contributed by atoms with Gasteiger partial charge >= 0.3 is 6.03 Å². The molecule has 23 heavy (non-hydrogen) atoms. The van der Waals surface area contributed by atoms with Crippen molar-refractivity contribution >= 4 is 17.6 Å². The maximum absolute atomic E-state index is 12.9. The zero-order chi connectivity index (χ0) is 16.2. The molecular formula is C18H18ClFN2O. The van der Waals surface area contributed by atoms with E-state index in [4.69, 9.17) is 11.6 Å². The minimum atomic E-state index is -0.276. The molecule has 1 saturated heterocycles. The Balaban J connectivity index is 1.63. The molecule has 0 saturated carbocycles. The zero-order valence-electron chi connectivity index (χ0n) is 12.6. The molecule has 3 nitrogen and oxygen atoms in total. The number of nitrogens with one attached hydrogen (secondary N) is 1. The Bertz CT molecular complexity index is 672. The highest BCUT2D eigenvalue weighted by atomic mass is 35.5. The molecule has 2 aromatic rings. The maximum atomic E-state index is 12.9. The molecule has 0 spiro atoms. The van der Waals surface area contributed by atoms with E-state index < -0.39 is 0 Å². The lowest BCUT2D eigenvalue weighted by atomic mass is 10.1. The van der Waals surface area contributed by atoms with Crippen molar-refractivity contribution in [1.29, 1.82) is 0 Å². The van der Waals surface area contributed by atoms with E-state index in [-0.39, 0.29) is 17.9 Å². The van der Waals surface area contributed by atoms with E-state index in [1.165, 1.54) is 12.1 Å². The Labute approximate surface area is 140 Å². The second-order valence-electron chi connectivity index (χ2n) is 5.69. The number of amides is 2. The van der Waals surface area contributed by atoms with E-state index >= 15 is 0 Å². The Kier molecular flexibility index (Phi) is 4.82. The fourth-order valence-corrected chi connectivity index (χ4v) is 3.05. The number of halogens is 2. The number of hydrogen-bond acceptors (Lipinski definition) is 1. The van der Waals surface area contributed by atoms with Crippen LogP contribution in [0.25, 0.3) is 0 Å². The number of benzene rings is 2. The van der Waals surface area contributed by atoms with Crippen molar-refractivity contribution in [3.8, 4) is 0 Å². The average Bonchev–Trinajstić information content (AvgIpc) is 3.04. The van der Waals surface area contributed by atoms with E-state index in [1.54, 1.807) is 12.1 Å². The van der Waals surface area contributed by atoms with Gasteiger partial charge in [-0.25, -0.2) is 9.18 Å². The lowest BCUT2D eigenvalue weighted by Crippen LogP contribution is -2.39. The first-order chi connectivity index (χ1) is 11.1. The first-order valence-corrected chi connectivity index (χ1v) is 8.05. The normalized spacial score (nSPS) is 17.3. The number of urea groups is 1. The minimum absolute atomic E-state index is 0.0838. The molecule has 0 aromatic heterocycles. The zero-order valence-corrected chi connectivity index (χ0v) is 13.4. The molecule has 1 heterocycles. The Hall–Kier alpha value is -2.07. The van der Waals surface area contributed by atoms with Gasteiger partial charge in [-0.05, 0) is 48.2 Å². The van der Waals surface area contributed by atoms with Gasteiger partial charge in [-0.2, -0.15) is 0 Å². The predicted molar refractivity (Wildman–Crippen MR) is 88.8 cm³/mol. The first kappa shape index (κ1) is 15.8. The molecule has 0 bridgehead atoms. The summed E-state index contributed by atoms with van der Waals surface area (Å²) in [5, 5.41) is 3.60. The number of nitrogens with zero attached hydrogens (tertiary/aromatic N) is 1. The molecule has 1 atom stereocenters. The van der Waals surface area contributed by atoms with Crippen LogP contribution in [0.2, 0.25) is 5.02 Å². The molecular weight excluding hydrogens is 315 g/mol. The molecule has 1 unspecified atom stereocenters. The molecule has 1 aliphatic heterocycles. The van der Waals surface area contributed by atoms with Crippen molar-refractivity contribution in [2.45, 2.75) is 25.4 Å². The molecule has 0 radical (unpaired) electrons. The third-order valence-corrected chi connectivity index (χ3v) is 4.38. The van der Waals surface area contributed by atoms with Gasteiger partial charge in [0.2, 0.25) is 0 Å². The molecule has 1 N–H and O–H groups in total. The fraction of sp³-hybridized carbons (Fsp3) is 0.278. The van der Waals surface area contributed by atoms with Crippen LogP contribution < -0.4 is 5.32 Å². The second kappa shape index (κ2) is 7.01. The van der Waals surface area contributed by atoms with Gasteiger partial charge < -0.3 is 10.2 Å². The van der Waals surface area contributed by atoms with Crippen molar-refractivity contribution in [1.82, 2.24) is 10.2 Å². The van der Waals surface area contributed by atoms with Gasteiger partial charge in [0.25, 0.3) is 0 Å². The van der Waals surface area contributed by atoms with E-state index in [0.717, 1.165) is 30.5 Å². The number of carbonyl (C=O) groups is 1. The third-order valence-electron chi connectivity index (χ3n) is 4.13. The molecule has 2 aromatic carbocycles. The summed E-state index contributed by atoms with van der Waals surface area (Å²) in [5.74, 6) is -0.276. The maximum Gasteiger partial charge on any atom is 0.318 e. The van der Waals surface area contributed by atoms with Crippen molar-refractivity contribution in [3.05, 3.63) is 70.5 Å². The van der Waals surface area contributed by atoms with Crippen LogP contribution >= 0.6 is 11.6 Å². The molecule has 3 rings (SSSR count). The summed E-state index contributed by atoms with van der Waals surface area (Å²) in [6.45, 7) is 1.13.